The van der Waals surface area contributed by atoms with Gasteiger partial charge in [0, 0.05) is 30.9 Å². The molecule has 1 atom stereocenters. The number of hydrogen-bond donors (Lipinski definition) is 1. The van der Waals surface area contributed by atoms with Gasteiger partial charge in [-0.25, -0.2) is 9.78 Å². The van der Waals surface area contributed by atoms with Gasteiger partial charge in [-0.1, -0.05) is 19.1 Å². The first-order valence-corrected chi connectivity index (χ1v) is 10.2. The van der Waals surface area contributed by atoms with Crippen molar-refractivity contribution in [1.82, 2.24) is 14.5 Å². The van der Waals surface area contributed by atoms with Crippen LogP contribution in [0.5, 0.6) is 0 Å². The Morgan fingerprint density at radius 3 is 2.48 bits per heavy atom. The predicted octanol–water partition coefficient (Wildman–Crippen LogP) is 4.33. The lowest BCUT2D eigenvalue weighted by Gasteiger charge is -2.30. The second-order valence-electron chi connectivity index (χ2n) is 7.14. The fraction of sp³-hybridized carbons (Fsp3) is 0.318. The van der Waals surface area contributed by atoms with Crippen molar-refractivity contribution in [2.24, 2.45) is 0 Å². The van der Waals surface area contributed by atoms with Gasteiger partial charge in [0.15, 0.2) is 0 Å². The van der Waals surface area contributed by atoms with Crippen molar-refractivity contribution >= 4 is 28.3 Å². The van der Waals surface area contributed by atoms with E-state index in [-0.39, 0.29) is 17.3 Å². The smallest absolute Gasteiger partial charge is 0.315 e. The highest BCUT2D eigenvalue weighted by molar-refractivity contribution is 5.89. The Hall–Kier alpha value is -3.75. The molecule has 0 aliphatic rings. The molecule has 2 amide bonds. The van der Waals surface area contributed by atoms with Crippen molar-refractivity contribution < 1.29 is 9.72 Å². The standard InChI is InChI=1S/C22H25N5O4/c1-4-14-26(22(29)23-16-10-12-17(13-11-16)27(30)31)15(3)20-24-19-9-7-6-8-18(19)21(28)25(20)5-2/h6-13,15H,4-5,14H2,1-3H3,(H,23,29). The van der Waals surface area contributed by atoms with Crippen LogP contribution in [0.1, 0.15) is 39.1 Å². The van der Waals surface area contributed by atoms with Gasteiger partial charge in [0.1, 0.15) is 5.82 Å². The molecule has 162 valence electrons. The monoisotopic (exact) mass is 423 g/mol. The van der Waals surface area contributed by atoms with E-state index in [1.165, 1.54) is 24.3 Å². The summed E-state index contributed by atoms with van der Waals surface area (Å²) in [6.07, 6.45) is 0.710. The number of nitro benzene ring substituents is 1. The molecule has 0 saturated heterocycles. The number of anilines is 1. The Labute approximate surface area is 179 Å². The fourth-order valence-electron chi connectivity index (χ4n) is 3.52. The summed E-state index contributed by atoms with van der Waals surface area (Å²) in [6.45, 7) is 6.55. The molecule has 3 rings (SSSR count). The quantitative estimate of drug-likeness (QED) is 0.449. The first-order valence-electron chi connectivity index (χ1n) is 10.2. The summed E-state index contributed by atoms with van der Waals surface area (Å²) < 4.78 is 1.59. The van der Waals surface area contributed by atoms with Crippen LogP contribution in [0.25, 0.3) is 10.9 Å². The number of fused-ring (bicyclic) bond motifs is 1. The molecule has 1 heterocycles. The van der Waals surface area contributed by atoms with E-state index in [9.17, 15) is 19.7 Å². The third kappa shape index (κ3) is 4.55. The molecule has 31 heavy (non-hydrogen) atoms. The average Bonchev–Trinajstić information content (AvgIpc) is 2.77. The molecule has 2 aromatic carbocycles. The van der Waals surface area contributed by atoms with E-state index in [4.69, 9.17) is 4.98 Å². The number of nitro groups is 1. The molecule has 0 bridgehead atoms. The van der Waals surface area contributed by atoms with Crippen LogP contribution >= 0.6 is 0 Å². The molecule has 3 aromatic rings. The maximum absolute atomic E-state index is 13.1. The number of carbonyl (C=O) groups is 1. The Morgan fingerprint density at radius 2 is 1.87 bits per heavy atom. The molecular weight excluding hydrogens is 398 g/mol. The molecule has 0 radical (unpaired) electrons. The lowest BCUT2D eigenvalue weighted by atomic mass is 10.2. The number of nitrogens with one attached hydrogen (secondary N) is 1. The normalized spacial score (nSPS) is 11.8. The Kier molecular flexibility index (Phi) is 6.64. The average molecular weight is 423 g/mol. The van der Waals surface area contributed by atoms with Crippen LogP contribution in [-0.2, 0) is 6.54 Å². The van der Waals surface area contributed by atoms with Crippen molar-refractivity contribution in [3.8, 4) is 0 Å². The summed E-state index contributed by atoms with van der Waals surface area (Å²) in [7, 11) is 0. The number of aromatic nitrogens is 2. The summed E-state index contributed by atoms with van der Waals surface area (Å²) in [5.74, 6) is 0.512. The summed E-state index contributed by atoms with van der Waals surface area (Å²) in [6, 6.07) is 12.0. The van der Waals surface area contributed by atoms with Crippen LogP contribution in [0.2, 0.25) is 0 Å². The lowest BCUT2D eigenvalue weighted by Crippen LogP contribution is -2.40. The van der Waals surface area contributed by atoms with Crippen LogP contribution in [-0.4, -0.2) is 32.0 Å². The van der Waals surface area contributed by atoms with Crippen molar-refractivity contribution in [2.75, 3.05) is 11.9 Å². The van der Waals surface area contributed by atoms with Crippen molar-refractivity contribution in [1.29, 1.82) is 0 Å². The van der Waals surface area contributed by atoms with Gasteiger partial charge in [-0.05, 0) is 44.5 Å². The number of non-ortho nitro benzene ring substituents is 1. The summed E-state index contributed by atoms with van der Waals surface area (Å²) in [4.78, 5) is 42.7. The molecule has 0 spiro atoms. The zero-order valence-electron chi connectivity index (χ0n) is 17.7. The SMILES string of the molecule is CCCN(C(=O)Nc1ccc([N+](=O)[O-])cc1)C(C)c1nc2ccccc2c(=O)n1CC. The van der Waals surface area contributed by atoms with E-state index in [0.717, 1.165) is 0 Å². The van der Waals surface area contributed by atoms with Gasteiger partial charge in [0.2, 0.25) is 0 Å². The van der Waals surface area contributed by atoms with E-state index < -0.39 is 11.0 Å². The van der Waals surface area contributed by atoms with Gasteiger partial charge in [0.05, 0.1) is 21.9 Å². The Bertz CT molecular complexity index is 1160. The van der Waals surface area contributed by atoms with Crippen LogP contribution in [0.15, 0.2) is 53.3 Å². The lowest BCUT2D eigenvalue weighted by molar-refractivity contribution is -0.384. The topological polar surface area (TPSA) is 110 Å². The highest BCUT2D eigenvalue weighted by atomic mass is 16.6. The number of carbonyl (C=O) groups excluding carboxylic acids is 1. The van der Waals surface area contributed by atoms with Crippen LogP contribution in [0.4, 0.5) is 16.2 Å². The van der Waals surface area contributed by atoms with Crippen molar-refractivity contribution in [3.63, 3.8) is 0 Å². The highest BCUT2D eigenvalue weighted by Gasteiger charge is 2.25. The zero-order valence-corrected chi connectivity index (χ0v) is 17.7. The molecule has 0 aliphatic carbocycles. The van der Waals surface area contributed by atoms with Gasteiger partial charge in [0.25, 0.3) is 11.2 Å². The number of hydrogen-bond acceptors (Lipinski definition) is 5. The summed E-state index contributed by atoms with van der Waals surface area (Å²) in [5, 5.41) is 14.2. The number of para-hydroxylation sites is 1. The minimum atomic E-state index is -0.494. The molecule has 9 nitrogen and oxygen atoms in total. The van der Waals surface area contributed by atoms with Crippen LogP contribution in [0.3, 0.4) is 0 Å². The van der Waals surface area contributed by atoms with E-state index in [0.29, 0.717) is 41.9 Å². The molecule has 0 saturated carbocycles. The molecule has 9 heteroatoms. The van der Waals surface area contributed by atoms with Gasteiger partial charge in [-0.2, -0.15) is 0 Å². The largest absolute Gasteiger partial charge is 0.322 e. The molecule has 1 unspecified atom stereocenters. The molecule has 1 N–H and O–H groups in total. The summed E-state index contributed by atoms with van der Waals surface area (Å²) >= 11 is 0. The van der Waals surface area contributed by atoms with E-state index >= 15 is 0 Å². The van der Waals surface area contributed by atoms with E-state index in [2.05, 4.69) is 5.32 Å². The van der Waals surface area contributed by atoms with Gasteiger partial charge in [-0.15, -0.1) is 0 Å². The molecule has 1 aromatic heterocycles. The van der Waals surface area contributed by atoms with Gasteiger partial charge >= 0.3 is 6.03 Å². The summed E-state index contributed by atoms with van der Waals surface area (Å²) in [5.41, 5.74) is 0.848. The van der Waals surface area contributed by atoms with Gasteiger partial charge < -0.3 is 10.2 Å². The number of nitrogens with zero attached hydrogens (tertiary/aromatic N) is 4. The van der Waals surface area contributed by atoms with Crippen LogP contribution < -0.4 is 10.9 Å². The first kappa shape index (κ1) is 21.9. The molecule has 0 aliphatic heterocycles. The maximum atomic E-state index is 13.1. The second-order valence-corrected chi connectivity index (χ2v) is 7.14. The Morgan fingerprint density at radius 1 is 1.19 bits per heavy atom. The first-order chi connectivity index (χ1) is 14.9. The number of amides is 2. The Balaban J connectivity index is 1.94. The highest BCUT2D eigenvalue weighted by Crippen LogP contribution is 2.22. The van der Waals surface area contributed by atoms with E-state index in [1.54, 1.807) is 27.7 Å². The number of rotatable bonds is 7. The van der Waals surface area contributed by atoms with Crippen molar-refractivity contribution in [3.05, 3.63) is 74.8 Å². The van der Waals surface area contributed by atoms with Crippen LogP contribution in [0, 0.1) is 10.1 Å². The number of benzene rings is 2. The molecular formula is C22H25N5O4. The minimum Gasteiger partial charge on any atom is -0.315 e. The molecule has 0 fully saturated rings. The van der Waals surface area contributed by atoms with Gasteiger partial charge in [-0.3, -0.25) is 19.5 Å². The fourth-order valence-corrected chi connectivity index (χ4v) is 3.52. The number of urea groups is 1. The second kappa shape index (κ2) is 9.38. The maximum Gasteiger partial charge on any atom is 0.322 e. The third-order valence-corrected chi connectivity index (χ3v) is 5.10. The minimum absolute atomic E-state index is 0.0518. The predicted molar refractivity (Wildman–Crippen MR) is 119 cm³/mol. The van der Waals surface area contributed by atoms with E-state index in [1.807, 2.05) is 26.8 Å². The third-order valence-electron chi connectivity index (χ3n) is 5.10. The van der Waals surface area contributed by atoms with Crippen molar-refractivity contribution in [2.45, 2.75) is 39.8 Å². The zero-order chi connectivity index (χ0) is 22.5.